The van der Waals surface area contributed by atoms with Crippen LogP contribution < -0.4 is 10.2 Å². The van der Waals surface area contributed by atoms with E-state index < -0.39 is 0 Å². The van der Waals surface area contributed by atoms with Crippen LogP contribution in [0.25, 0.3) is 5.69 Å². The topological polar surface area (TPSA) is 51.4 Å². The SMILES string of the molecule is CCCc1nn(-c2cccc(C)c2)c(CC)c1C(=O)NCC[NH+](C)C. The summed E-state index contributed by atoms with van der Waals surface area (Å²) < 4.78 is 1.95. The first-order valence-electron chi connectivity index (χ1n) is 9.22. The van der Waals surface area contributed by atoms with Gasteiger partial charge in [0, 0.05) is 0 Å². The first-order chi connectivity index (χ1) is 12.0. The summed E-state index contributed by atoms with van der Waals surface area (Å²) in [5.74, 6) is 0.000420. The van der Waals surface area contributed by atoms with Crippen LogP contribution in [0.1, 0.15) is 47.6 Å². The van der Waals surface area contributed by atoms with Crippen molar-refractivity contribution < 1.29 is 9.69 Å². The fraction of sp³-hybridized carbons (Fsp3) is 0.500. The molecule has 2 rings (SSSR count). The predicted octanol–water partition coefficient (Wildman–Crippen LogP) is 1.57. The van der Waals surface area contributed by atoms with Crippen LogP contribution in [0.15, 0.2) is 24.3 Å². The van der Waals surface area contributed by atoms with Crippen LogP contribution in [0.3, 0.4) is 0 Å². The van der Waals surface area contributed by atoms with E-state index in [0.717, 1.165) is 48.4 Å². The van der Waals surface area contributed by atoms with Crippen molar-refractivity contribution in [2.24, 2.45) is 0 Å². The maximum Gasteiger partial charge on any atom is 0.255 e. The second kappa shape index (κ2) is 8.81. The Kier molecular flexibility index (Phi) is 6.76. The number of carbonyl (C=O) groups excluding carboxylic acids is 1. The molecule has 0 atom stereocenters. The number of hydrogen-bond donors (Lipinski definition) is 2. The standard InChI is InChI=1S/C20H30N4O/c1-6-9-17-19(20(25)21-12-13-23(4)5)18(7-2)24(22-17)16-11-8-10-15(3)14-16/h8,10-11,14H,6-7,9,12-13H2,1-5H3,(H,21,25)/p+1. The van der Waals surface area contributed by atoms with Crippen LogP contribution in [0, 0.1) is 6.92 Å². The van der Waals surface area contributed by atoms with Gasteiger partial charge in [-0.2, -0.15) is 5.10 Å². The number of nitrogens with one attached hydrogen (secondary N) is 2. The largest absolute Gasteiger partial charge is 0.346 e. The van der Waals surface area contributed by atoms with E-state index in [0.29, 0.717) is 6.54 Å². The van der Waals surface area contributed by atoms with Crippen molar-refractivity contribution in [2.75, 3.05) is 27.2 Å². The van der Waals surface area contributed by atoms with Crippen molar-refractivity contribution in [3.63, 3.8) is 0 Å². The van der Waals surface area contributed by atoms with Gasteiger partial charge in [0.1, 0.15) is 0 Å². The molecule has 0 aliphatic carbocycles. The van der Waals surface area contributed by atoms with Crippen molar-refractivity contribution in [1.82, 2.24) is 15.1 Å². The van der Waals surface area contributed by atoms with Crippen molar-refractivity contribution >= 4 is 5.91 Å². The normalized spacial score (nSPS) is 11.1. The van der Waals surface area contributed by atoms with E-state index in [1.165, 1.54) is 10.5 Å². The minimum atomic E-state index is 0.000420. The number of benzene rings is 1. The monoisotopic (exact) mass is 343 g/mol. The summed E-state index contributed by atoms with van der Waals surface area (Å²) in [6.45, 7) is 7.85. The number of amides is 1. The Balaban J connectivity index is 2.41. The molecule has 25 heavy (non-hydrogen) atoms. The fourth-order valence-corrected chi connectivity index (χ4v) is 2.99. The smallest absolute Gasteiger partial charge is 0.255 e. The Bertz CT molecular complexity index is 718. The van der Waals surface area contributed by atoms with Gasteiger partial charge >= 0.3 is 0 Å². The average Bonchev–Trinajstić information content (AvgIpc) is 2.93. The van der Waals surface area contributed by atoms with E-state index in [1.807, 2.05) is 16.8 Å². The van der Waals surface area contributed by atoms with E-state index in [-0.39, 0.29) is 5.91 Å². The lowest BCUT2D eigenvalue weighted by atomic mass is 10.1. The lowest BCUT2D eigenvalue weighted by Gasteiger charge is -2.10. The molecule has 5 nitrogen and oxygen atoms in total. The van der Waals surface area contributed by atoms with Crippen LogP contribution >= 0.6 is 0 Å². The number of carbonyl (C=O) groups is 1. The van der Waals surface area contributed by atoms with Crippen molar-refractivity contribution in [2.45, 2.75) is 40.0 Å². The lowest BCUT2D eigenvalue weighted by Crippen LogP contribution is -3.06. The van der Waals surface area contributed by atoms with E-state index in [2.05, 4.69) is 52.3 Å². The van der Waals surface area contributed by atoms with E-state index in [4.69, 9.17) is 5.10 Å². The highest BCUT2D eigenvalue weighted by Crippen LogP contribution is 2.21. The van der Waals surface area contributed by atoms with E-state index in [9.17, 15) is 4.79 Å². The zero-order chi connectivity index (χ0) is 18.4. The maximum absolute atomic E-state index is 12.8. The number of rotatable bonds is 8. The minimum Gasteiger partial charge on any atom is -0.346 e. The molecule has 1 heterocycles. The third kappa shape index (κ3) is 4.69. The third-order valence-electron chi connectivity index (χ3n) is 4.26. The van der Waals surface area contributed by atoms with Gasteiger partial charge in [-0.25, -0.2) is 4.68 Å². The molecule has 1 amide bonds. The molecular weight excluding hydrogens is 312 g/mol. The molecule has 136 valence electrons. The number of hydrogen-bond acceptors (Lipinski definition) is 2. The summed E-state index contributed by atoms with van der Waals surface area (Å²) in [6, 6.07) is 8.26. The predicted molar refractivity (Wildman–Crippen MR) is 102 cm³/mol. The van der Waals surface area contributed by atoms with Crippen LogP contribution in [-0.2, 0) is 12.8 Å². The Labute approximate surface area is 151 Å². The van der Waals surface area contributed by atoms with Gasteiger partial charge in [0.05, 0.1) is 49.8 Å². The van der Waals surface area contributed by atoms with Crippen LogP contribution in [-0.4, -0.2) is 42.9 Å². The molecule has 1 aromatic carbocycles. The molecule has 5 heteroatoms. The number of likely N-dealkylation sites (N-methyl/N-ethyl adjacent to an activating group) is 1. The summed E-state index contributed by atoms with van der Waals surface area (Å²) in [5, 5.41) is 7.86. The fourth-order valence-electron chi connectivity index (χ4n) is 2.99. The number of aryl methyl sites for hydroxylation is 2. The van der Waals surface area contributed by atoms with Crippen molar-refractivity contribution in [3.05, 3.63) is 46.8 Å². The van der Waals surface area contributed by atoms with Gasteiger partial charge in [0.25, 0.3) is 5.91 Å². The van der Waals surface area contributed by atoms with Gasteiger partial charge in [-0.3, -0.25) is 4.79 Å². The molecule has 0 radical (unpaired) electrons. The molecule has 0 aliphatic rings. The lowest BCUT2D eigenvalue weighted by molar-refractivity contribution is -0.856. The molecule has 0 saturated carbocycles. The van der Waals surface area contributed by atoms with Crippen LogP contribution in [0.5, 0.6) is 0 Å². The van der Waals surface area contributed by atoms with Crippen molar-refractivity contribution in [3.8, 4) is 5.69 Å². The van der Waals surface area contributed by atoms with Crippen LogP contribution in [0.2, 0.25) is 0 Å². The van der Waals surface area contributed by atoms with Crippen LogP contribution in [0.4, 0.5) is 0 Å². The zero-order valence-electron chi connectivity index (χ0n) is 16.1. The molecule has 0 aliphatic heterocycles. The van der Waals surface area contributed by atoms with Gasteiger partial charge in [-0.1, -0.05) is 32.4 Å². The van der Waals surface area contributed by atoms with Gasteiger partial charge in [-0.05, 0) is 37.5 Å². The van der Waals surface area contributed by atoms with Gasteiger partial charge in [-0.15, -0.1) is 0 Å². The highest BCUT2D eigenvalue weighted by atomic mass is 16.1. The number of nitrogens with zero attached hydrogens (tertiary/aromatic N) is 2. The Hall–Kier alpha value is -2.14. The van der Waals surface area contributed by atoms with Gasteiger partial charge in [0.2, 0.25) is 0 Å². The van der Waals surface area contributed by atoms with Gasteiger partial charge in [0.15, 0.2) is 0 Å². The summed E-state index contributed by atoms with van der Waals surface area (Å²) >= 11 is 0. The highest BCUT2D eigenvalue weighted by molar-refractivity contribution is 5.96. The maximum atomic E-state index is 12.8. The van der Waals surface area contributed by atoms with Crippen molar-refractivity contribution in [1.29, 1.82) is 0 Å². The summed E-state index contributed by atoms with van der Waals surface area (Å²) in [4.78, 5) is 14.2. The second-order valence-electron chi connectivity index (χ2n) is 6.84. The van der Waals surface area contributed by atoms with Gasteiger partial charge < -0.3 is 10.2 Å². The first kappa shape index (κ1) is 19.2. The summed E-state index contributed by atoms with van der Waals surface area (Å²) in [6.07, 6.45) is 2.55. The highest BCUT2D eigenvalue weighted by Gasteiger charge is 2.23. The third-order valence-corrected chi connectivity index (χ3v) is 4.26. The molecule has 0 bridgehead atoms. The molecule has 1 aromatic heterocycles. The number of aromatic nitrogens is 2. The number of quaternary nitrogens is 1. The molecule has 0 spiro atoms. The summed E-state index contributed by atoms with van der Waals surface area (Å²) in [7, 11) is 4.17. The average molecular weight is 343 g/mol. The molecule has 0 saturated heterocycles. The zero-order valence-corrected chi connectivity index (χ0v) is 16.1. The minimum absolute atomic E-state index is 0.000420. The summed E-state index contributed by atoms with van der Waals surface area (Å²) in [5.41, 5.74) is 4.86. The second-order valence-corrected chi connectivity index (χ2v) is 6.84. The molecule has 0 fully saturated rings. The molecular formula is C20H31N4O+. The Morgan fingerprint density at radius 3 is 2.64 bits per heavy atom. The molecule has 2 aromatic rings. The van der Waals surface area contributed by atoms with E-state index >= 15 is 0 Å². The Morgan fingerprint density at radius 1 is 1.28 bits per heavy atom. The molecule has 0 unspecified atom stereocenters. The quantitative estimate of drug-likeness (QED) is 0.764. The van der Waals surface area contributed by atoms with E-state index in [1.54, 1.807) is 0 Å². The Morgan fingerprint density at radius 2 is 2.04 bits per heavy atom. The first-order valence-corrected chi connectivity index (χ1v) is 9.22. The molecule has 2 N–H and O–H groups in total.